The minimum Gasteiger partial charge on any atom is -0.373 e. The summed E-state index contributed by atoms with van der Waals surface area (Å²) in [6, 6.07) is 0.394. The van der Waals surface area contributed by atoms with Crippen molar-refractivity contribution in [2.45, 2.75) is 44.6 Å². The maximum atomic E-state index is 11.7. The Labute approximate surface area is 118 Å². The molecule has 0 aromatic carbocycles. The number of carbonyl (C=O) groups excluding carboxylic acids is 1. The second-order valence-electron chi connectivity index (χ2n) is 5.62. The molecule has 1 heterocycles. The van der Waals surface area contributed by atoms with Crippen molar-refractivity contribution >= 4 is 17.5 Å². The summed E-state index contributed by atoms with van der Waals surface area (Å²) in [5.41, 5.74) is 0.955. The van der Waals surface area contributed by atoms with Crippen molar-refractivity contribution in [3.05, 3.63) is 11.4 Å². The van der Waals surface area contributed by atoms with Crippen LogP contribution < -0.4 is 16.0 Å². The van der Waals surface area contributed by atoms with Gasteiger partial charge < -0.3 is 16.0 Å². The van der Waals surface area contributed by atoms with Gasteiger partial charge in [-0.05, 0) is 32.6 Å². The zero-order chi connectivity index (χ0) is 14.1. The van der Waals surface area contributed by atoms with Gasteiger partial charge in [0.15, 0.2) is 0 Å². The van der Waals surface area contributed by atoms with Crippen molar-refractivity contribution in [1.82, 2.24) is 15.3 Å². The van der Waals surface area contributed by atoms with E-state index in [1.807, 2.05) is 14.0 Å². The van der Waals surface area contributed by atoms with Gasteiger partial charge in [0.25, 0.3) is 0 Å². The smallest absolute Gasteiger partial charge is 0.239 e. The lowest BCUT2D eigenvalue weighted by Crippen LogP contribution is -2.31. The second-order valence-corrected chi connectivity index (χ2v) is 5.62. The first kappa shape index (κ1) is 13.1. The Balaban J connectivity index is 1.69. The molecule has 0 atom stereocenters. The zero-order valence-corrected chi connectivity index (χ0v) is 12.0. The topological polar surface area (TPSA) is 78.9 Å². The monoisotopic (exact) mass is 275 g/mol. The van der Waals surface area contributed by atoms with Gasteiger partial charge in [-0.2, -0.15) is 0 Å². The summed E-state index contributed by atoms with van der Waals surface area (Å²) in [5, 5.41) is 9.20. The summed E-state index contributed by atoms with van der Waals surface area (Å²) in [4.78, 5) is 20.8. The molecule has 3 N–H and O–H groups in total. The minimum atomic E-state index is 0.0319. The van der Waals surface area contributed by atoms with Gasteiger partial charge in [-0.15, -0.1) is 0 Å². The molecule has 20 heavy (non-hydrogen) atoms. The van der Waals surface area contributed by atoms with Crippen molar-refractivity contribution in [2.75, 3.05) is 24.2 Å². The first-order chi connectivity index (χ1) is 9.67. The molecule has 0 unspecified atom stereocenters. The first-order valence-corrected chi connectivity index (χ1v) is 7.27. The lowest BCUT2D eigenvalue weighted by Gasteiger charge is -2.13. The van der Waals surface area contributed by atoms with E-state index in [-0.39, 0.29) is 12.5 Å². The van der Waals surface area contributed by atoms with Crippen LogP contribution in [-0.4, -0.2) is 35.5 Å². The fraction of sp³-hybridized carbons (Fsp3) is 0.643. The number of amides is 1. The predicted octanol–water partition coefficient (Wildman–Crippen LogP) is 1.39. The highest BCUT2D eigenvalue weighted by Gasteiger charge is 2.28. The quantitative estimate of drug-likeness (QED) is 0.731. The van der Waals surface area contributed by atoms with E-state index in [0.717, 1.165) is 48.7 Å². The minimum absolute atomic E-state index is 0.0319. The number of carbonyl (C=O) groups is 1. The van der Waals surface area contributed by atoms with Crippen molar-refractivity contribution in [3.8, 4) is 0 Å². The third-order valence-electron chi connectivity index (χ3n) is 3.70. The van der Waals surface area contributed by atoms with Crippen LogP contribution in [0, 0.1) is 6.92 Å². The van der Waals surface area contributed by atoms with E-state index in [0.29, 0.717) is 12.0 Å². The molecule has 1 amide bonds. The number of nitrogens with zero attached hydrogens (tertiary/aromatic N) is 2. The number of hydrogen-bond donors (Lipinski definition) is 3. The van der Waals surface area contributed by atoms with Crippen molar-refractivity contribution in [1.29, 1.82) is 0 Å². The fourth-order valence-electron chi connectivity index (χ4n) is 2.14. The highest BCUT2D eigenvalue weighted by atomic mass is 16.2. The molecule has 0 radical (unpaired) electrons. The van der Waals surface area contributed by atoms with Crippen LogP contribution in [0.3, 0.4) is 0 Å². The number of aromatic nitrogens is 2. The third-order valence-corrected chi connectivity index (χ3v) is 3.70. The molecule has 1 aromatic heterocycles. The second kappa shape index (κ2) is 5.26. The number of nitrogens with one attached hydrogen (secondary N) is 3. The summed E-state index contributed by atoms with van der Waals surface area (Å²) in [5.74, 6) is 3.00. The van der Waals surface area contributed by atoms with Crippen molar-refractivity contribution < 1.29 is 4.79 Å². The molecule has 0 aliphatic heterocycles. The normalized spacial score (nSPS) is 17.7. The highest BCUT2D eigenvalue weighted by Crippen LogP contribution is 2.39. The lowest BCUT2D eigenvalue weighted by molar-refractivity contribution is -0.119. The highest BCUT2D eigenvalue weighted by molar-refractivity contribution is 5.81. The molecular formula is C14H21N5O. The van der Waals surface area contributed by atoms with Gasteiger partial charge in [-0.3, -0.25) is 4.79 Å². The molecule has 108 valence electrons. The van der Waals surface area contributed by atoms with Gasteiger partial charge in [0, 0.05) is 24.6 Å². The largest absolute Gasteiger partial charge is 0.373 e. The number of hydrogen-bond acceptors (Lipinski definition) is 5. The number of rotatable bonds is 6. The average Bonchev–Trinajstić information content (AvgIpc) is 3.30. The summed E-state index contributed by atoms with van der Waals surface area (Å²) in [7, 11) is 1.86. The van der Waals surface area contributed by atoms with E-state index in [2.05, 4.69) is 25.9 Å². The maximum Gasteiger partial charge on any atom is 0.239 e. The molecular weight excluding hydrogens is 254 g/mol. The number of anilines is 2. The molecule has 1 aromatic rings. The SMILES string of the molecule is CNc1nc(C2CC2)nc(NCC(=O)NC2CC2)c1C. The van der Waals surface area contributed by atoms with Gasteiger partial charge in [-0.1, -0.05) is 0 Å². The summed E-state index contributed by atoms with van der Waals surface area (Å²) < 4.78 is 0. The third kappa shape index (κ3) is 3.00. The summed E-state index contributed by atoms with van der Waals surface area (Å²) >= 11 is 0. The van der Waals surface area contributed by atoms with E-state index in [1.165, 1.54) is 0 Å². The molecule has 2 aliphatic rings. The van der Waals surface area contributed by atoms with E-state index in [1.54, 1.807) is 0 Å². The maximum absolute atomic E-state index is 11.7. The lowest BCUT2D eigenvalue weighted by atomic mass is 10.2. The Kier molecular flexibility index (Phi) is 3.46. The Morgan fingerprint density at radius 3 is 2.50 bits per heavy atom. The van der Waals surface area contributed by atoms with Crippen LogP contribution in [0.4, 0.5) is 11.6 Å². The average molecular weight is 275 g/mol. The summed E-state index contributed by atoms with van der Waals surface area (Å²) in [6.07, 6.45) is 4.53. The molecule has 0 bridgehead atoms. The first-order valence-electron chi connectivity index (χ1n) is 7.27. The Bertz CT molecular complexity index is 523. The Morgan fingerprint density at radius 1 is 1.20 bits per heavy atom. The van der Waals surface area contributed by atoms with Crippen LogP contribution in [0.1, 0.15) is 43.0 Å². The van der Waals surface area contributed by atoms with Gasteiger partial charge in [0.05, 0.1) is 6.54 Å². The fourth-order valence-corrected chi connectivity index (χ4v) is 2.14. The van der Waals surface area contributed by atoms with Crippen molar-refractivity contribution in [2.24, 2.45) is 0 Å². The molecule has 2 saturated carbocycles. The van der Waals surface area contributed by atoms with Gasteiger partial charge in [0.1, 0.15) is 17.5 Å². The van der Waals surface area contributed by atoms with E-state index in [9.17, 15) is 4.79 Å². The van der Waals surface area contributed by atoms with Crippen LogP contribution in [0.15, 0.2) is 0 Å². The molecule has 2 aliphatic carbocycles. The zero-order valence-electron chi connectivity index (χ0n) is 12.0. The standard InChI is InChI=1S/C14H21N5O/c1-8-12(15-2)18-14(9-3-4-9)19-13(8)16-7-11(20)17-10-5-6-10/h9-10H,3-7H2,1-2H3,(H,17,20)(H2,15,16,18,19). The van der Waals surface area contributed by atoms with Gasteiger partial charge in [-0.25, -0.2) is 9.97 Å². The predicted molar refractivity (Wildman–Crippen MR) is 77.9 cm³/mol. The van der Waals surface area contributed by atoms with E-state index < -0.39 is 0 Å². The molecule has 3 rings (SSSR count). The summed E-state index contributed by atoms with van der Waals surface area (Å²) in [6.45, 7) is 2.23. The Hall–Kier alpha value is -1.85. The van der Waals surface area contributed by atoms with Crippen LogP contribution in [-0.2, 0) is 4.79 Å². The molecule has 6 nitrogen and oxygen atoms in total. The van der Waals surface area contributed by atoms with Crippen LogP contribution >= 0.6 is 0 Å². The van der Waals surface area contributed by atoms with Crippen LogP contribution in [0.25, 0.3) is 0 Å². The molecule has 2 fully saturated rings. The van der Waals surface area contributed by atoms with E-state index >= 15 is 0 Å². The van der Waals surface area contributed by atoms with Gasteiger partial charge >= 0.3 is 0 Å². The molecule has 6 heteroatoms. The van der Waals surface area contributed by atoms with Crippen LogP contribution in [0.2, 0.25) is 0 Å². The van der Waals surface area contributed by atoms with E-state index in [4.69, 9.17) is 0 Å². The van der Waals surface area contributed by atoms with Crippen LogP contribution in [0.5, 0.6) is 0 Å². The van der Waals surface area contributed by atoms with Gasteiger partial charge in [0.2, 0.25) is 5.91 Å². The molecule has 0 spiro atoms. The molecule has 0 saturated heterocycles. The Morgan fingerprint density at radius 2 is 1.90 bits per heavy atom. The van der Waals surface area contributed by atoms with Crippen molar-refractivity contribution in [3.63, 3.8) is 0 Å².